The molecule has 0 spiro atoms. The Morgan fingerprint density at radius 3 is 1.65 bits per heavy atom. The molecule has 0 atom stereocenters. The molecule has 2 aromatic rings. The van der Waals surface area contributed by atoms with E-state index in [-0.39, 0.29) is 11.5 Å². The van der Waals surface area contributed by atoms with E-state index in [1.165, 1.54) is 6.07 Å². The van der Waals surface area contributed by atoms with E-state index in [1.807, 2.05) is 26.0 Å². The Kier molecular flexibility index (Phi) is 7.86. The Hall–Kier alpha value is -4.19. The van der Waals surface area contributed by atoms with Crippen molar-refractivity contribution in [3.8, 4) is 17.2 Å². The number of ether oxygens (including phenoxy) is 3. The summed E-state index contributed by atoms with van der Waals surface area (Å²) in [5.74, 6) is -1.32. The summed E-state index contributed by atoms with van der Waals surface area (Å²) in [6, 6.07) is 11.9. The van der Waals surface area contributed by atoms with Crippen molar-refractivity contribution in [2.24, 2.45) is 0 Å². The van der Waals surface area contributed by atoms with Crippen molar-refractivity contribution in [2.45, 2.75) is 13.8 Å². The molecule has 0 heterocycles. The molecule has 0 fully saturated rings. The second-order valence-corrected chi connectivity index (χ2v) is 6.31. The van der Waals surface area contributed by atoms with Crippen molar-refractivity contribution in [2.75, 3.05) is 0 Å². The Balaban J connectivity index is 2.40. The molecule has 0 bridgehead atoms. The Bertz CT molecular complexity index is 1070. The molecule has 6 nitrogen and oxygen atoms in total. The van der Waals surface area contributed by atoms with Crippen LogP contribution in [0.1, 0.15) is 25.0 Å². The summed E-state index contributed by atoms with van der Waals surface area (Å²) in [4.78, 5) is 34.6. The van der Waals surface area contributed by atoms with Gasteiger partial charge in [-0.1, -0.05) is 37.9 Å². The number of allylic oxidation sites excluding steroid dienone is 2. The lowest BCUT2D eigenvalue weighted by Gasteiger charge is -2.13. The standard InChI is InChI=1S/C25H22O6/c1-6-23(26)29-20-12-9-18(10-13-20)16(4)17(5)19-11-14-21(30-24(27)7-2)22(15-19)31-25(28)8-3/h6-15H,1-3H2,4-5H3. The monoisotopic (exact) mass is 418 g/mol. The average molecular weight is 418 g/mol. The van der Waals surface area contributed by atoms with Crippen molar-refractivity contribution in [3.63, 3.8) is 0 Å². The summed E-state index contributed by atoms with van der Waals surface area (Å²) in [5.41, 5.74) is 3.50. The van der Waals surface area contributed by atoms with Gasteiger partial charge in [0.1, 0.15) is 5.75 Å². The van der Waals surface area contributed by atoms with Gasteiger partial charge < -0.3 is 14.2 Å². The van der Waals surface area contributed by atoms with Crippen LogP contribution in [-0.4, -0.2) is 17.9 Å². The minimum absolute atomic E-state index is 0.0800. The summed E-state index contributed by atoms with van der Waals surface area (Å²) in [5, 5.41) is 0. The fraction of sp³-hybridized carbons (Fsp3) is 0.0800. The van der Waals surface area contributed by atoms with Crippen LogP contribution in [0, 0.1) is 0 Å². The van der Waals surface area contributed by atoms with Crippen molar-refractivity contribution in [3.05, 3.63) is 91.6 Å². The summed E-state index contributed by atoms with van der Waals surface area (Å²) in [7, 11) is 0. The minimum atomic E-state index is -0.684. The van der Waals surface area contributed by atoms with E-state index in [0.717, 1.165) is 40.5 Å². The number of rotatable bonds is 8. The van der Waals surface area contributed by atoms with Gasteiger partial charge in [-0.15, -0.1) is 0 Å². The van der Waals surface area contributed by atoms with E-state index in [0.29, 0.717) is 5.75 Å². The van der Waals surface area contributed by atoms with Crippen molar-refractivity contribution >= 4 is 29.1 Å². The molecule has 0 amide bonds. The molecule has 158 valence electrons. The number of benzene rings is 2. The molecule has 0 saturated heterocycles. The summed E-state index contributed by atoms with van der Waals surface area (Å²) in [6.45, 7) is 13.9. The highest BCUT2D eigenvalue weighted by Crippen LogP contribution is 2.34. The Morgan fingerprint density at radius 1 is 0.645 bits per heavy atom. The van der Waals surface area contributed by atoms with Crippen LogP contribution in [0.5, 0.6) is 17.2 Å². The molecular weight excluding hydrogens is 396 g/mol. The van der Waals surface area contributed by atoms with E-state index in [9.17, 15) is 14.4 Å². The van der Waals surface area contributed by atoms with Gasteiger partial charge in [-0.2, -0.15) is 0 Å². The molecule has 0 aliphatic rings. The molecule has 6 heteroatoms. The van der Waals surface area contributed by atoms with Gasteiger partial charge in [-0.25, -0.2) is 14.4 Å². The fourth-order valence-corrected chi connectivity index (χ4v) is 2.57. The van der Waals surface area contributed by atoms with Gasteiger partial charge in [0.2, 0.25) is 0 Å². The summed E-state index contributed by atoms with van der Waals surface area (Å²) >= 11 is 0. The van der Waals surface area contributed by atoms with E-state index in [4.69, 9.17) is 14.2 Å². The van der Waals surface area contributed by atoms with Crippen LogP contribution in [0.2, 0.25) is 0 Å². The first-order valence-corrected chi connectivity index (χ1v) is 9.24. The van der Waals surface area contributed by atoms with Crippen molar-refractivity contribution in [1.29, 1.82) is 0 Å². The van der Waals surface area contributed by atoms with Gasteiger partial charge in [0.25, 0.3) is 0 Å². The summed E-state index contributed by atoms with van der Waals surface area (Å²) in [6.07, 6.45) is 3.12. The highest BCUT2D eigenvalue weighted by atomic mass is 16.6. The van der Waals surface area contributed by atoms with E-state index in [1.54, 1.807) is 24.3 Å². The lowest BCUT2D eigenvalue weighted by Crippen LogP contribution is -2.08. The molecule has 0 saturated carbocycles. The minimum Gasteiger partial charge on any atom is -0.423 e. The van der Waals surface area contributed by atoms with Gasteiger partial charge in [-0.05, 0) is 60.4 Å². The highest BCUT2D eigenvalue weighted by molar-refractivity contribution is 5.91. The third-order valence-corrected chi connectivity index (χ3v) is 4.37. The average Bonchev–Trinajstić information content (AvgIpc) is 2.79. The van der Waals surface area contributed by atoms with Gasteiger partial charge in [-0.3, -0.25) is 0 Å². The fourth-order valence-electron chi connectivity index (χ4n) is 2.57. The first kappa shape index (κ1) is 23.1. The molecular formula is C25H22O6. The van der Waals surface area contributed by atoms with Crippen LogP contribution >= 0.6 is 0 Å². The smallest absolute Gasteiger partial charge is 0.335 e. The first-order valence-electron chi connectivity index (χ1n) is 9.24. The molecule has 0 aromatic heterocycles. The molecule has 0 N–H and O–H groups in total. The van der Waals surface area contributed by atoms with Crippen LogP contribution in [0.15, 0.2) is 80.4 Å². The van der Waals surface area contributed by atoms with E-state index in [2.05, 4.69) is 19.7 Å². The SMILES string of the molecule is C=CC(=O)Oc1ccc(C(C)=C(C)c2ccc(OC(=O)C=C)c(OC(=O)C=C)c2)cc1. The van der Waals surface area contributed by atoms with E-state index >= 15 is 0 Å². The van der Waals surface area contributed by atoms with Crippen LogP contribution in [0.3, 0.4) is 0 Å². The lowest BCUT2D eigenvalue weighted by molar-refractivity contribution is -0.131. The molecule has 2 rings (SSSR count). The second-order valence-electron chi connectivity index (χ2n) is 6.31. The van der Waals surface area contributed by atoms with Crippen LogP contribution in [-0.2, 0) is 14.4 Å². The van der Waals surface area contributed by atoms with Gasteiger partial charge in [0.15, 0.2) is 11.5 Å². The second kappa shape index (κ2) is 10.5. The maximum Gasteiger partial charge on any atom is 0.335 e. The topological polar surface area (TPSA) is 78.9 Å². The molecule has 0 radical (unpaired) electrons. The molecule has 31 heavy (non-hydrogen) atoms. The number of carbonyl (C=O) groups is 3. The molecule has 0 aliphatic heterocycles. The number of hydrogen-bond acceptors (Lipinski definition) is 6. The van der Waals surface area contributed by atoms with Crippen LogP contribution in [0.4, 0.5) is 0 Å². The predicted octanol–water partition coefficient (Wildman–Crippen LogP) is 4.91. The molecule has 2 aromatic carbocycles. The maximum atomic E-state index is 11.7. The lowest BCUT2D eigenvalue weighted by atomic mass is 9.96. The zero-order valence-corrected chi connectivity index (χ0v) is 17.3. The molecule has 0 aliphatic carbocycles. The summed E-state index contributed by atoms with van der Waals surface area (Å²) < 4.78 is 15.5. The van der Waals surface area contributed by atoms with Crippen molar-refractivity contribution < 1.29 is 28.6 Å². The number of esters is 3. The van der Waals surface area contributed by atoms with Crippen molar-refractivity contribution in [1.82, 2.24) is 0 Å². The van der Waals surface area contributed by atoms with Gasteiger partial charge >= 0.3 is 17.9 Å². The third-order valence-electron chi connectivity index (χ3n) is 4.37. The zero-order chi connectivity index (χ0) is 23.0. The first-order chi connectivity index (χ1) is 14.8. The zero-order valence-electron chi connectivity index (χ0n) is 17.3. The Morgan fingerprint density at radius 2 is 1.10 bits per heavy atom. The number of carbonyl (C=O) groups excluding carboxylic acids is 3. The highest BCUT2D eigenvalue weighted by Gasteiger charge is 2.14. The number of hydrogen-bond donors (Lipinski definition) is 0. The third kappa shape index (κ3) is 6.14. The largest absolute Gasteiger partial charge is 0.423 e. The predicted molar refractivity (Wildman–Crippen MR) is 119 cm³/mol. The maximum absolute atomic E-state index is 11.7. The molecule has 0 unspecified atom stereocenters. The van der Waals surface area contributed by atoms with Crippen LogP contribution in [0.25, 0.3) is 11.1 Å². The van der Waals surface area contributed by atoms with Crippen LogP contribution < -0.4 is 14.2 Å². The van der Waals surface area contributed by atoms with E-state index < -0.39 is 17.9 Å². The Labute approximate surface area is 180 Å². The van der Waals surface area contributed by atoms with Gasteiger partial charge in [0, 0.05) is 18.2 Å². The van der Waals surface area contributed by atoms with Gasteiger partial charge in [0.05, 0.1) is 0 Å². The normalized spacial score (nSPS) is 10.9. The quantitative estimate of drug-likeness (QED) is 0.262.